The molecule has 0 aliphatic carbocycles. The number of ether oxygens (including phenoxy) is 1. The summed E-state index contributed by atoms with van der Waals surface area (Å²) >= 11 is 0. The quantitative estimate of drug-likeness (QED) is 0.268. The average Bonchev–Trinajstić information content (AvgIpc) is 2.22. The summed E-state index contributed by atoms with van der Waals surface area (Å²) in [5, 5.41) is 0. The SMILES string of the molecule is CCCCCOC(=O)CCC(=O)OOC. The van der Waals surface area contributed by atoms with Gasteiger partial charge < -0.3 is 4.74 Å². The molecular weight excluding hydrogens is 200 g/mol. The van der Waals surface area contributed by atoms with Crippen molar-refractivity contribution >= 4 is 11.9 Å². The molecule has 0 saturated heterocycles. The minimum Gasteiger partial charge on any atom is -0.466 e. The Morgan fingerprint density at radius 3 is 2.33 bits per heavy atom. The molecule has 5 heteroatoms. The van der Waals surface area contributed by atoms with E-state index >= 15 is 0 Å². The van der Waals surface area contributed by atoms with Gasteiger partial charge in [-0.25, -0.2) is 4.79 Å². The molecule has 0 amide bonds. The van der Waals surface area contributed by atoms with Gasteiger partial charge in [-0.3, -0.25) is 9.68 Å². The lowest BCUT2D eigenvalue weighted by molar-refractivity contribution is -0.255. The van der Waals surface area contributed by atoms with Crippen molar-refractivity contribution in [3.63, 3.8) is 0 Å². The van der Waals surface area contributed by atoms with Crippen molar-refractivity contribution < 1.29 is 24.1 Å². The Labute approximate surface area is 89.6 Å². The molecule has 0 spiro atoms. The van der Waals surface area contributed by atoms with E-state index < -0.39 is 5.97 Å². The molecule has 0 rings (SSSR count). The maximum absolute atomic E-state index is 11.0. The Balaban J connectivity index is 3.36. The molecule has 5 nitrogen and oxygen atoms in total. The van der Waals surface area contributed by atoms with Crippen LogP contribution in [0.25, 0.3) is 0 Å². The molecule has 0 N–H and O–H groups in total. The molecule has 0 saturated carbocycles. The normalized spacial score (nSPS) is 9.73. The Kier molecular flexibility index (Phi) is 8.76. The highest BCUT2D eigenvalue weighted by molar-refractivity contribution is 5.77. The summed E-state index contributed by atoms with van der Waals surface area (Å²) < 4.78 is 4.89. The summed E-state index contributed by atoms with van der Waals surface area (Å²) in [6, 6.07) is 0. The first-order valence-electron chi connectivity index (χ1n) is 5.09. The van der Waals surface area contributed by atoms with E-state index in [1.807, 2.05) is 0 Å². The van der Waals surface area contributed by atoms with Gasteiger partial charge in [0, 0.05) is 0 Å². The van der Waals surface area contributed by atoms with Crippen LogP contribution in [0.1, 0.15) is 39.0 Å². The zero-order chi connectivity index (χ0) is 11.5. The van der Waals surface area contributed by atoms with Gasteiger partial charge in [0.25, 0.3) is 0 Å². The number of carbonyl (C=O) groups excluding carboxylic acids is 2. The van der Waals surface area contributed by atoms with Crippen LogP contribution in [-0.4, -0.2) is 25.7 Å². The lowest BCUT2D eigenvalue weighted by atomic mass is 10.3. The monoisotopic (exact) mass is 218 g/mol. The smallest absolute Gasteiger partial charge is 0.342 e. The Morgan fingerprint density at radius 1 is 1.07 bits per heavy atom. The molecule has 0 atom stereocenters. The predicted molar refractivity (Wildman–Crippen MR) is 52.8 cm³/mol. The van der Waals surface area contributed by atoms with E-state index in [0.29, 0.717) is 6.61 Å². The first-order chi connectivity index (χ1) is 7.20. The first kappa shape index (κ1) is 13.9. The summed E-state index contributed by atoms with van der Waals surface area (Å²) in [4.78, 5) is 30.1. The minimum atomic E-state index is -0.567. The largest absolute Gasteiger partial charge is 0.466 e. The van der Waals surface area contributed by atoms with Gasteiger partial charge in [0.15, 0.2) is 0 Å². The summed E-state index contributed by atoms with van der Waals surface area (Å²) in [7, 11) is 1.24. The second-order valence-corrected chi connectivity index (χ2v) is 3.05. The molecule has 0 radical (unpaired) electrons. The molecule has 0 aromatic heterocycles. The number of hydrogen-bond acceptors (Lipinski definition) is 5. The maximum Gasteiger partial charge on any atom is 0.342 e. The van der Waals surface area contributed by atoms with Gasteiger partial charge in [0.1, 0.15) is 0 Å². The lowest BCUT2D eigenvalue weighted by Crippen LogP contribution is -2.10. The van der Waals surface area contributed by atoms with Gasteiger partial charge in [-0.2, -0.15) is 4.89 Å². The van der Waals surface area contributed by atoms with Gasteiger partial charge in [-0.15, -0.1) is 0 Å². The van der Waals surface area contributed by atoms with Crippen LogP contribution in [0.3, 0.4) is 0 Å². The molecule has 0 aromatic rings. The molecule has 0 heterocycles. The first-order valence-corrected chi connectivity index (χ1v) is 5.09. The van der Waals surface area contributed by atoms with Crippen molar-refractivity contribution in [3.8, 4) is 0 Å². The van der Waals surface area contributed by atoms with Gasteiger partial charge in [0.2, 0.25) is 0 Å². The van der Waals surface area contributed by atoms with Crippen molar-refractivity contribution in [3.05, 3.63) is 0 Å². The maximum atomic E-state index is 11.0. The highest BCUT2D eigenvalue weighted by Crippen LogP contribution is 1.99. The Morgan fingerprint density at radius 2 is 1.73 bits per heavy atom. The zero-order valence-corrected chi connectivity index (χ0v) is 9.28. The number of rotatable bonds is 8. The molecule has 0 aromatic carbocycles. The fourth-order valence-corrected chi connectivity index (χ4v) is 0.949. The standard InChI is InChI=1S/C10H18O5/c1-3-4-5-8-14-9(11)6-7-10(12)15-13-2/h3-8H2,1-2H3. The highest BCUT2D eigenvalue weighted by Gasteiger charge is 2.09. The number of esters is 1. The van der Waals surface area contributed by atoms with Gasteiger partial charge in [-0.1, -0.05) is 19.8 Å². The summed E-state index contributed by atoms with van der Waals surface area (Å²) in [6.07, 6.45) is 3.01. The minimum absolute atomic E-state index is 0.0134. The van der Waals surface area contributed by atoms with Crippen molar-refractivity contribution in [1.82, 2.24) is 0 Å². The fourth-order valence-electron chi connectivity index (χ4n) is 0.949. The Hall–Kier alpha value is -1.10. The highest BCUT2D eigenvalue weighted by atomic mass is 17.2. The molecule has 0 unspecified atom stereocenters. The number of hydrogen-bond donors (Lipinski definition) is 0. The molecule has 88 valence electrons. The van der Waals surface area contributed by atoms with Crippen molar-refractivity contribution in [1.29, 1.82) is 0 Å². The van der Waals surface area contributed by atoms with Crippen molar-refractivity contribution in [2.75, 3.05) is 13.7 Å². The summed E-state index contributed by atoms with van der Waals surface area (Å²) in [5.41, 5.74) is 0. The van der Waals surface area contributed by atoms with Crippen LogP contribution in [0.15, 0.2) is 0 Å². The molecule has 0 fully saturated rings. The molecule has 0 bridgehead atoms. The van der Waals surface area contributed by atoms with Gasteiger partial charge in [-0.05, 0) is 6.42 Å². The van der Waals surface area contributed by atoms with Crippen LogP contribution in [0, 0.1) is 0 Å². The third-order valence-electron chi connectivity index (χ3n) is 1.72. The lowest BCUT2D eigenvalue weighted by Gasteiger charge is -2.03. The van der Waals surface area contributed by atoms with Crippen LogP contribution < -0.4 is 0 Å². The fraction of sp³-hybridized carbons (Fsp3) is 0.800. The third-order valence-corrected chi connectivity index (χ3v) is 1.72. The third kappa shape index (κ3) is 9.21. The van der Waals surface area contributed by atoms with E-state index in [2.05, 4.69) is 16.7 Å². The van der Waals surface area contributed by atoms with Crippen LogP contribution in [0.2, 0.25) is 0 Å². The van der Waals surface area contributed by atoms with Crippen molar-refractivity contribution in [2.45, 2.75) is 39.0 Å². The van der Waals surface area contributed by atoms with Crippen molar-refractivity contribution in [2.24, 2.45) is 0 Å². The van der Waals surface area contributed by atoms with E-state index in [-0.39, 0.29) is 18.8 Å². The number of carbonyl (C=O) groups is 2. The summed E-state index contributed by atoms with van der Waals surface area (Å²) in [6.45, 7) is 2.49. The average molecular weight is 218 g/mol. The molecular formula is C10H18O5. The van der Waals surface area contributed by atoms with Crippen LogP contribution >= 0.6 is 0 Å². The van der Waals surface area contributed by atoms with E-state index in [1.165, 1.54) is 7.11 Å². The molecule has 0 aliphatic heterocycles. The van der Waals surface area contributed by atoms with E-state index in [1.54, 1.807) is 0 Å². The summed E-state index contributed by atoms with van der Waals surface area (Å²) in [5.74, 6) is -0.942. The van der Waals surface area contributed by atoms with Crippen LogP contribution in [0.5, 0.6) is 0 Å². The Bertz CT molecular complexity index is 190. The molecule has 15 heavy (non-hydrogen) atoms. The van der Waals surface area contributed by atoms with E-state index in [0.717, 1.165) is 19.3 Å². The van der Waals surface area contributed by atoms with E-state index in [9.17, 15) is 9.59 Å². The van der Waals surface area contributed by atoms with E-state index in [4.69, 9.17) is 4.74 Å². The predicted octanol–water partition coefficient (Wildman–Crippen LogP) is 1.60. The van der Waals surface area contributed by atoms with Gasteiger partial charge in [0.05, 0.1) is 26.6 Å². The topological polar surface area (TPSA) is 61.8 Å². The molecule has 0 aliphatic rings. The number of unbranched alkanes of at least 4 members (excludes halogenated alkanes) is 2. The second kappa shape index (κ2) is 9.45. The second-order valence-electron chi connectivity index (χ2n) is 3.05. The zero-order valence-electron chi connectivity index (χ0n) is 9.28. The van der Waals surface area contributed by atoms with Crippen LogP contribution in [-0.2, 0) is 24.1 Å². The van der Waals surface area contributed by atoms with Gasteiger partial charge >= 0.3 is 11.9 Å². The van der Waals surface area contributed by atoms with Crippen LogP contribution in [0.4, 0.5) is 0 Å².